The minimum Gasteiger partial charge on any atom is -0.390 e. The van der Waals surface area contributed by atoms with E-state index in [1.165, 1.54) is 6.42 Å². The minimum absolute atomic E-state index is 0.0156. The molecule has 3 N–H and O–H groups in total. The van der Waals surface area contributed by atoms with Crippen LogP contribution in [-0.4, -0.2) is 27.3 Å². The number of hydrogen-bond donors (Lipinski definition) is 3. The lowest BCUT2D eigenvalue weighted by Crippen LogP contribution is -2.43. The molecule has 1 amide bonds. The van der Waals surface area contributed by atoms with E-state index in [0.29, 0.717) is 6.42 Å². The van der Waals surface area contributed by atoms with Gasteiger partial charge in [-0.1, -0.05) is 33.1 Å². The lowest BCUT2D eigenvalue weighted by molar-refractivity contribution is -0.127. The predicted octanol–water partition coefficient (Wildman–Crippen LogP) is 1.51. The van der Waals surface area contributed by atoms with Crippen LogP contribution in [0.5, 0.6) is 0 Å². The van der Waals surface area contributed by atoms with Crippen LogP contribution in [0, 0.1) is 11.8 Å². The molecule has 0 saturated heterocycles. The number of carbonyl (C=O) groups is 1. The summed E-state index contributed by atoms with van der Waals surface area (Å²) in [6.45, 7) is 4.01. The summed E-state index contributed by atoms with van der Waals surface area (Å²) >= 11 is 0. The number of aromatic amines is 1. The molecule has 0 aromatic carbocycles. The maximum absolute atomic E-state index is 12.4. The van der Waals surface area contributed by atoms with Crippen LogP contribution in [0.15, 0.2) is 9.21 Å². The number of aromatic nitrogens is 2. The van der Waals surface area contributed by atoms with E-state index in [-0.39, 0.29) is 23.6 Å². The maximum Gasteiger partial charge on any atom is 0.434 e. The molecule has 2 unspecified atom stereocenters. The first-order chi connectivity index (χ1) is 10.5. The first-order valence-corrected chi connectivity index (χ1v) is 8.01. The summed E-state index contributed by atoms with van der Waals surface area (Å²) in [5.74, 6) is -0.531. The van der Waals surface area contributed by atoms with Crippen molar-refractivity contribution in [3.8, 4) is 0 Å². The fraction of sp³-hybridized carbons (Fsp3) is 0.800. The van der Waals surface area contributed by atoms with E-state index in [2.05, 4.69) is 15.5 Å². The summed E-state index contributed by atoms with van der Waals surface area (Å²) in [6.07, 6.45) is 4.57. The number of carbonyl (C=O) groups excluding carboxylic acids is 1. The second kappa shape index (κ2) is 7.58. The summed E-state index contributed by atoms with van der Waals surface area (Å²) in [6, 6.07) is -0.513. The smallest absolute Gasteiger partial charge is 0.390 e. The summed E-state index contributed by atoms with van der Waals surface area (Å²) in [5, 5.41) is 19.1. The van der Waals surface area contributed by atoms with Crippen molar-refractivity contribution in [1.29, 1.82) is 0 Å². The van der Waals surface area contributed by atoms with Crippen molar-refractivity contribution >= 4 is 5.91 Å². The number of aliphatic hydroxyl groups excluding tert-OH is 1. The zero-order valence-corrected chi connectivity index (χ0v) is 13.2. The highest BCUT2D eigenvalue weighted by molar-refractivity contribution is 5.79. The molecular weight excluding hydrogens is 286 g/mol. The lowest BCUT2D eigenvalue weighted by atomic mass is 9.88. The number of rotatable bonds is 6. The van der Waals surface area contributed by atoms with Crippen molar-refractivity contribution in [2.24, 2.45) is 11.8 Å². The molecule has 1 saturated carbocycles. The zero-order valence-electron chi connectivity index (χ0n) is 13.2. The molecule has 1 aliphatic rings. The molecule has 1 aliphatic carbocycles. The van der Waals surface area contributed by atoms with Crippen LogP contribution in [0.2, 0.25) is 0 Å². The van der Waals surface area contributed by atoms with Gasteiger partial charge in [-0.05, 0) is 25.2 Å². The molecule has 1 fully saturated rings. The number of aliphatic hydroxyl groups is 1. The first kappa shape index (κ1) is 16.7. The Morgan fingerprint density at radius 3 is 2.64 bits per heavy atom. The van der Waals surface area contributed by atoms with E-state index in [4.69, 9.17) is 4.42 Å². The van der Waals surface area contributed by atoms with Gasteiger partial charge in [-0.2, -0.15) is 0 Å². The average Bonchev–Trinajstić information content (AvgIpc) is 2.92. The summed E-state index contributed by atoms with van der Waals surface area (Å²) in [4.78, 5) is 23.4. The molecule has 1 aromatic heterocycles. The van der Waals surface area contributed by atoms with Crippen LogP contribution in [0.3, 0.4) is 0 Å². The summed E-state index contributed by atoms with van der Waals surface area (Å²) in [5.41, 5.74) is 0. The van der Waals surface area contributed by atoms with Gasteiger partial charge in [-0.25, -0.2) is 9.89 Å². The average molecular weight is 311 g/mol. The SMILES string of the molecule is CC(C)CC(NC(=O)C1CCCCC1)C(O)c1n[nH]c(=O)o1. The Bertz CT molecular complexity index is 531. The maximum atomic E-state index is 12.4. The third kappa shape index (κ3) is 4.43. The molecule has 7 nitrogen and oxygen atoms in total. The topological polar surface area (TPSA) is 108 Å². The van der Waals surface area contributed by atoms with Gasteiger partial charge in [0.05, 0.1) is 6.04 Å². The van der Waals surface area contributed by atoms with Crippen molar-refractivity contribution < 1.29 is 14.3 Å². The molecule has 22 heavy (non-hydrogen) atoms. The third-order valence-corrected chi connectivity index (χ3v) is 4.12. The highest BCUT2D eigenvalue weighted by Gasteiger charge is 2.30. The van der Waals surface area contributed by atoms with E-state index >= 15 is 0 Å². The summed E-state index contributed by atoms with van der Waals surface area (Å²) < 4.78 is 4.81. The van der Waals surface area contributed by atoms with Crippen molar-refractivity contribution in [1.82, 2.24) is 15.5 Å². The zero-order chi connectivity index (χ0) is 16.1. The second-order valence-corrected chi connectivity index (χ2v) is 6.48. The lowest BCUT2D eigenvalue weighted by Gasteiger charge is -2.27. The predicted molar refractivity (Wildman–Crippen MR) is 80.0 cm³/mol. The van der Waals surface area contributed by atoms with Crippen LogP contribution in [-0.2, 0) is 4.79 Å². The largest absolute Gasteiger partial charge is 0.434 e. The molecule has 0 aliphatic heterocycles. The van der Waals surface area contributed by atoms with Gasteiger partial charge >= 0.3 is 5.76 Å². The van der Waals surface area contributed by atoms with E-state index < -0.39 is 17.9 Å². The molecular formula is C15H25N3O4. The highest BCUT2D eigenvalue weighted by Crippen LogP contribution is 2.25. The molecule has 0 radical (unpaired) electrons. The van der Waals surface area contributed by atoms with Gasteiger partial charge in [0, 0.05) is 5.92 Å². The molecule has 124 valence electrons. The van der Waals surface area contributed by atoms with Crippen LogP contribution in [0.1, 0.15) is 64.4 Å². The Morgan fingerprint density at radius 2 is 2.09 bits per heavy atom. The fourth-order valence-electron chi connectivity index (χ4n) is 2.98. The number of nitrogens with zero attached hydrogens (tertiary/aromatic N) is 1. The first-order valence-electron chi connectivity index (χ1n) is 8.01. The van der Waals surface area contributed by atoms with E-state index in [0.717, 1.165) is 25.7 Å². The Labute approximate surface area is 129 Å². The highest BCUT2D eigenvalue weighted by atomic mass is 16.4. The molecule has 0 bridgehead atoms. The van der Waals surface area contributed by atoms with Gasteiger partial charge in [0.1, 0.15) is 0 Å². The second-order valence-electron chi connectivity index (χ2n) is 6.48. The van der Waals surface area contributed by atoms with Gasteiger partial charge in [0.15, 0.2) is 6.10 Å². The summed E-state index contributed by atoms with van der Waals surface area (Å²) in [7, 11) is 0. The molecule has 1 heterocycles. The van der Waals surface area contributed by atoms with Crippen LogP contribution < -0.4 is 11.1 Å². The van der Waals surface area contributed by atoms with Crippen molar-refractivity contribution in [3.63, 3.8) is 0 Å². The van der Waals surface area contributed by atoms with Gasteiger partial charge in [0.2, 0.25) is 11.8 Å². The number of amides is 1. The Balaban J connectivity index is 2.04. The van der Waals surface area contributed by atoms with Crippen LogP contribution in [0.4, 0.5) is 0 Å². The quantitative estimate of drug-likeness (QED) is 0.738. The fourth-order valence-corrected chi connectivity index (χ4v) is 2.98. The van der Waals surface area contributed by atoms with Gasteiger partial charge in [-0.3, -0.25) is 4.79 Å². The normalized spacial score (nSPS) is 19.1. The van der Waals surface area contributed by atoms with Crippen molar-refractivity contribution in [3.05, 3.63) is 16.4 Å². The Morgan fingerprint density at radius 1 is 1.41 bits per heavy atom. The van der Waals surface area contributed by atoms with Crippen molar-refractivity contribution in [2.75, 3.05) is 0 Å². The van der Waals surface area contributed by atoms with Crippen LogP contribution >= 0.6 is 0 Å². The van der Waals surface area contributed by atoms with Crippen molar-refractivity contribution in [2.45, 2.75) is 64.5 Å². The van der Waals surface area contributed by atoms with E-state index in [9.17, 15) is 14.7 Å². The van der Waals surface area contributed by atoms with E-state index in [1.807, 2.05) is 13.8 Å². The number of H-pyrrole nitrogens is 1. The minimum atomic E-state index is -1.13. The Hall–Kier alpha value is -1.63. The van der Waals surface area contributed by atoms with Gasteiger partial charge < -0.3 is 14.8 Å². The molecule has 0 spiro atoms. The third-order valence-electron chi connectivity index (χ3n) is 4.12. The molecule has 7 heteroatoms. The van der Waals surface area contributed by atoms with E-state index in [1.54, 1.807) is 0 Å². The molecule has 2 atom stereocenters. The van der Waals surface area contributed by atoms with Crippen LogP contribution in [0.25, 0.3) is 0 Å². The number of nitrogens with one attached hydrogen (secondary N) is 2. The Kier molecular flexibility index (Phi) is 5.76. The number of hydrogen-bond acceptors (Lipinski definition) is 5. The van der Waals surface area contributed by atoms with Gasteiger partial charge in [0.25, 0.3) is 0 Å². The molecule has 2 rings (SSSR count). The molecule has 1 aromatic rings. The monoisotopic (exact) mass is 311 g/mol. The van der Waals surface area contributed by atoms with Gasteiger partial charge in [-0.15, -0.1) is 5.10 Å². The standard InChI is InChI=1S/C15H25N3O4/c1-9(2)8-11(12(19)14-17-18-15(21)22-14)16-13(20)10-6-4-3-5-7-10/h9-12,19H,3-8H2,1-2H3,(H,16,20)(H,18,21).